The second-order valence-corrected chi connectivity index (χ2v) is 7.01. The molecule has 0 aliphatic rings. The molecule has 0 bridgehead atoms. The highest BCUT2D eigenvalue weighted by atomic mass is 35.5. The van der Waals surface area contributed by atoms with Gasteiger partial charge in [-0.15, -0.1) is 23.2 Å². The summed E-state index contributed by atoms with van der Waals surface area (Å²) in [6, 6.07) is 0. The van der Waals surface area contributed by atoms with Crippen molar-refractivity contribution in [1.82, 2.24) is 10.6 Å². The van der Waals surface area contributed by atoms with Crippen LogP contribution in [-0.2, 0) is 9.59 Å². The van der Waals surface area contributed by atoms with Crippen molar-refractivity contribution in [2.75, 3.05) is 47.9 Å². The smallest absolute Gasteiger partial charge is 0.220 e. The maximum atomic E-state index is 11.4. The van der Waals surface area contributed by atoms with Crippen LogP contribution in [-0.4, -0.2) is 59.7 Å². The van der Waals surface area contributed by atoms with Crippen molar-refractivity contribution in [3.8, 4) is 0 Å². The Bertz CT molecular complexity index is 246. The lowest BCUT2D eigenvalue weighted by Crippen LogP contribution is -2.34. The molecule has 20 heavy (non-hydrogen) atoms. The van der Waals surface area contributed by atoms with E-state index in [4.69, 9.17) is 23.2 Å². The van der Waals surface area contributed by atoms with Crippen molar-refractivity contribution in [1.29, 1.82) is 0 Å². The van der Waals surface area contributed by atoms with E-state index in [1.54, 1.807) is 23.5 Å². The van der Waals surface area contributed by atoms with E-state index >= 15 is 0 Å². The fourth-order valence-electron chi connectivity index (χ4n) is 1.22. The Labute approximate surface area is 139 Å². The van der Waals surface area contributed by atoms with Crippen molar-refractivity contribution in [3.05, 3.63) is 0 Å². The largest absolute Gasteiger partial charge is 0.354 e. The van der Waals surface area contributed by atoms with Crippen LogP contribution in [0, 0.1) is 0 Å². The number of hydrogen-bond acceptors (Lipinski definition) is 4. The first-order valence-corrected chi connectivity index (χ1v) is 9.89. The summed E-state index contributed by atoms with van der Waals surface area (Å²) in [7, 11) is 0. The molecule has 118 valence electrons. The molecule has 0 radical (unpaired) electrons. The Kier molecular flexibility index (Phi) is 15.8. The molecule has 0 fully saturated rings. The normalized spacial score (nSPS) is 10.3. The number of rotatable bonds is 13. The molecule has 0 unspecified atom stereocenters. The molecule has 0 spiro atoms. The zero-order chi connectivity index (χ0) is 15.1. The van der Waals surface area contributed by atoms with Crippen LogP contribution >= 0.6 is 46.7 Å². The van der Waals surface area contributed by atoms with Crippen LogP contribution in [0.4, 0.5) is 0 Å². The van der Waals surface area contributed by atoms with Gasteiger partial charge in [-0.05, 0) is 0 Å². The molecule has 0 aliphatic heterocycles. The number of thioether (sulfide) groups is 2. The Balaban J connectivity index is 3.32. The molecule has 0 saturated heterocycles. The molecule has 0 saturated carbocycles. The summed E-state index contributed by atoms with van der Waals surface area (Å²) in [6.07, 6.45) is 0.981. The molecule has 0 aromatic carbocycles. The predicted octanol–water partition coefficient (Wildman–Crippen LogP) is 1.94. The molecule has 2 amide bonds. The summed E-state index contributed by atoms with van der Waals surface area (Å²) < 4.78 is 0. The lowest BCUT2D eigenvalue weighted by molar-refractivity contribution is -0.122. The van der Waals surface area contributed by atoms with Crippen LogP contribution in [0.2, 0.25) is 0 Å². The van der Waals surface area contributed by atoms with Gasteiger partial charge in [-0.25, -0.2) is 0 Å². The van der Waals surface area contributed by atoms with Crippen LogP contribution in [0.3, 0.4) is 0 Å². The molecule has 0 heterocycles. The van der Waals surface area contributed by atoms with Gasteiger partial charge in [0.15, 0.2) is 0 Å². The van der Waals surface area contributed by atoms with E-state index < -0.39 is 0 Å². The second-order valence-electron chi connectivity index (χ2n) is 3.80. The third kappa shape index (κ3) is 14.6. The maximum Gasteiger partial charge on any atom is 0.220 e. The predicted molar refractivity (Wildman–Crippen MR) is 91.3 cm³/mol. The zero-order valence-electron chi connectivity index (χ0n) is 11.5. The molecule has 0 aliphatic carbocycles. The number of amides is 2. The van der Waals surface area contributed by atoms with Crippen LogP contribution in [0.25, 0.3) is 0 Å². The monoisotopic (exact) mass is 360 g/mol. The molecule has 0 atom stereocenters. The standard InChI is InChI=1S/C12H22Cl2N2O2S2/c13-3-9-19-7-1-11(17)15-5-6-16-12(18)2-8-20-10-4-14/h1-10H2,(H,15,17)(H,16,18). The summed E-state index contributed by atoms with van der Waals surface area (Å²) in [6.45, 7) is 0.944. The molecule has 8 heteroatoms. The summed E-state index contributed by atoms with van der Waals surface area (Å²) >= 11 is 14.4. The fourth-order valence-corrected chi connectivity index (χ4v) is 3.16. The highest BCUT2D eigenvalue weighted by molar-refractivity contribution is 7.99. The first-order valence-electron chi connectivity index (χ1n) is 6.51. The van der Waals surface area contributed by atoms with E-state index in [-0.39, 0.29) is 11.8 Å². The van der Waals surface area contributed by atoms with Gasteiger partial charge in [-0.3, -0.25) is 9.59 Å². The van der Waals surface area contributed by atoms with Crippen molar-refractivity contribution < 1.29 is 9.59 Å². The second kappa shape index (κ2) is 15.6. The lowest BCUT2D eigenvalue weighted by Gasteiger charge is -2.07. The van der Waals surface area contributed by atoms with Gasteiger partial charge in [0.25, 0.3) is 0 Å². The van der Waals surface area contributed by atoms with Gasteiger partial charge in [0.05, 0.1) is 0 Å². The van der Waals surface area contributed by atoms with Gasteiger partial charge >= 0.3 is 0 Å². The van der Waals surface area contributed by atoms with Gasteiger partial charge in [0, 0.05) is 60.7 Å². The summed E-state index contributed by atoms with van der Waals surface area (Å²) in [5.74, 6) is 4.55. The molecule has 0 aromatic rings. The molecular formula is C12H22Cl2N2O2S2. The number of nitrogens with one attached hydrogen (secondary N) is 2. The summed E-state index contributed by atoms with van der Waals surface area (Å²) in [4.78, 5) is 22.8. The molecule has 4 nitrogen and oxygen atoms in total. The Morgan fingerprint density at radius 1 is 0.750 bits per heavy atom. The van der Waals surface area contributed by atoms with E-state index in [1.165, 1.54) is 0 Å². The number of alkyl halides is 2. The quantitative estimate of drug-likeness (QED) is 0.389. The minimum atomic E-state index is 0.0130. The van der Waals surface area contributed by atoms with E-state index in [1.807, 2.05) is 0 Å². The Morgan fingerprint density at radius 2 is 1.15 bits per heavy atom. The minimum Gasteiger partial charge on any atom is -0.354 e. The first-order chi connectivity index (χ1) is 9.70. The van der Waals surface area contributed by atoms with Crippen molar-refractivity contribution in [3.63, 3.8) is 0 Å². The average molecular weight is 361 g/mol. The number of carbonyl (C=O) groups is 2. The van der Waals surface area contributed by atoms with Crippen molar-refractivity contribution >= 4 is 58.5 Å². The average Bonchev–Trinajstić information content (AvgIpc) is 2.44. The van der Waals surface area contributed by atoms with E-state index in [0.29, 0.717) is 37.7 Å². The first kappa shape index (κ1) is 20.2. The van der Waals surface area contributed by atoms with Crippen LogP contribution < -0.4 is 10.6 Å². The SMILES string of the molecule is O=C(CCSCCCl)NCCNC(=O)CCSCCCl. The van der Waals surface area contributed by atoms with E-state index in [0.717, 1.165) is 23.0 Å². The highest BCUT2D eigenvalue weighted by Crippen LogP contribution is 2.03. The Hall–Kier alpha value is 0.220. The molecule has 0 aromatic heterocycles. The molecule has 2 N–H and O–H groups in total. The molecule has 0 rings (SSSR count). The number of halogens is 2. The van der Waals surface area contributed by atoms with Crippen molar-refractivity contribution in [2.24, 2.45) is 0 Å². The Morgan fingerprint density at radius 3 is 1.50 bits per heavy atom. The number of carbonyl (C=O) groups excluding carboxylic acids is 2. The van der Waals surface area contributed by atoms with Gasteiger partial charge in [-0.1, -0.05) is 0 Å². The maximum absolute atomic E-state index is 11.4. The topological polar surface area (TPSA) is 58.2 Å². The van der Waals surface area contributed by atoms with Crippen LogP contribution in [0.15, 0.2) is 0 Å². The third-order valence-electron chi connectivity index (χ3n) is 2.16. The van der Waals surface area contributed by atoms with Gasteiger partial charge in [0.2, 0.25) is 11.8 Å². The highest BCUT2D eigenvalue weighted by Gasteiger charge is 2.02. The van der Waals surface area contributed by atoms with Gasteiger partial charge in [-0.2, -0.15) is 23.5 Å². The van der Waals surface area contributed by atoms with Gasteiger partial charge in [0.1, 0.15) is 0 Å². The zero-order valence-corrected chi connectivity index (χ0v) is 14.6. The molecular weight excluding hydrogens is 339 g/mol. The fraction of sp³-hybridized carbons (Fsp3) is 0.833. The van der Waals surface area contributed by atoms with Gasteiger partial charge < -0.3 is 10.6 Å². The van der Waals surface area contributed by atoms with E-state index in [2.05, 4.69) is 10.6 Å². The van der Waals surface area contributed by atoms with Crippen LogP contribution in [0.1, 0.15) is 12.8 Å². The third-order valence-corrected chi connectivity index (χ3v) is 4.96. The van der Waals surface area contributed by atoms with Crippen LogP contribution in [0.5, 0.6) is 0 Å². The lowest BCUT2D eigenvalue weighted by atomic mass is 10.4. The summed E-state index contributed by atoms with van der Waals surface area (Å²) in [5, 5.41) is 5.54. The minimum absolute atomic E-state index is 0.0130. The summed E-state index contributed by atoms with van der Waals surface area (Å²) in [5.41, 5.74) is 0. The van der Waals surface area contributed by atoms with E-state index in [9.17, 15) is 9.59 Å². The number of hydrogen-bond donors (Lipinski definition) is 2. The van der Waals surface area contributed by atoms with Crippen molar-refractivity contribution in [2.45, 2.75) is 12.8 Å².